The number of nitrogens with one attached hydrogen (secondary N) is 1. The highest BCUT2D eigenvalue weighted by Gasteiger charge is 2.12. The van der Waals surface area contributed by atoms with Crippen LogP contribution in [-0.2, 0) is 16.0 Å². The highest BCUT2D eigenvalue weighted by Crippen LogP contribution is 2.18. The van der Waals surface area contributed by atoms with Crippen molar-refractivity contribution < 1.29 is 19.1 Å². The minimum absolute atomic E-state index is 0.202. The molecule has 0 heterocycles. The van der Waals surface area contributed by atoms with Crippen LogP contribution in [0.4, 0.5) is 5.69 Å². The van der Waals surface area contributed by atoms with Crippen LogP contribution in [0.2, 0.25) is 0 Å². The molecule has 0 unspecified atom stereocenters. The molecule has 2 aromatic carbocycles. The molecule has 0 bridgehead atoms. The molecule has 0 saturated carbocycles. The lowest BCUT2D eigenvalue weighted by atomic mass is 10.1. The molecular formula is C20H18N2O4. The molecule has 132 valence electrons. The van der Waals surface area contributed by atoms with E-state index in [2.05, 4.69) is 5.32 Å². The Bertz CT molecular complexity index is 851. The van der Waals surface area contributed by atoms with Gasteiger partial charge in [0, 0.05) is 12.0 Å². The number of esters is 1. The first-order valence-electron chi connectivity index (χ1n) is 8.12. The van der Waals surface area contributed by atoms with E-state index in [0.717, 1.165) is 5.56 Å². The van der Waals surface area contributed by atoms with Crippen LogP contribution >= 0.6 is 0 Å². The lowest BCUT2D eigenvalue weighted by molar-refractivity contribution is -0.116. The number of carbonyl (C=O) groups excluding carboxylic acids is 3. The first-order chi connectivity index (χ1) is 12.6. The van der Waals surface area contributed by atoms with Crippen LogP contribution in [0.25, 0.3) is 0 Å². The number of carbonyl (C=O) groups is 3. The van der Waals surface area contributed by atoms with E-state index in [9.17, 15) is 14.4 Å². The fourth-order valence-corrected chi connectivity index (χ4v) is 2.33. The maximum absolute atomic E-state index is 12.2. The Hall–Kier alpha value is -3.46. The zero-order valence-corrected chi connectivity index (χ0v) is 14.3. The largest absolute Gasteiger partial charge is 0.462 e. The van der Waals surface area contributed by atoms with E-state index in [0.29, 0.717) is 18.3 Å². The van der Waals surface area contributed by atoms with E-state index in [-0.39, 0.29) is 35.7 Å². The fraction of sp³-hybridized carbons (Fsp3) is 0.200. The monoisotopic (exact) mass is 350 g/mol. The SMILES string of the molecule is CCOC(=O)c1ccc(C=O)c(NC(=O)CCc2ccc(C#N)cc2)c1. The van der Waals surface area contributed by atoms with Crippen LogP contribution in [0.3, 0.4) is 0 Å². The molecular weight excluding hydrogens is 332 g/mol. The summed E-state index contributed by atoms with van der Waals surface area (Å²) in [4.78, 5) is 35.1. The van der Waals surface area contributed by atoms with Crippen molar-refractivity contribution in [1.29, 1.82) is 5.26 Å². The van der Waals surface area contributed by atoms with Crippen LogP contribution < -0.4 is 5.32 Å². The lowest BCUT2D eigenvalue weighted by Gasteiger charge is -2.10. The van der Waals surface area contributed by atoms with Crippen molar-refractivity contribution in [2.24, 2.45) is 0 Å². The summed E-state index contributed by atoms with van der Waals surface area (Å²) in [7, 11) is 0. The molecule has 0 fully saturated rings. The Balaban J connectivity index is 2.04. The van der Waals surface area contributed by atoms with E-state index in [1.165, 1.54) is 18.2 Å². The first-order valence-corrected chi connectivity index (χ1v) is 8.12. The fourth-order valence-electron chi connectivity index (χ4n) is 2.33. The molecule has 0 aromatic heterocycles. The topological polar surface area (TPSA) is 96.3 Å². The summed E-state index contributed by atoms with van der Waals surface area (Å²) in [6.45, 7) is 1.93. The molecule has 0 saturated heterocycles. The van der Waals surface area contributed by atoms with E-state index < -0.39 is 5.97 Å². The van der Waals surface area contributed by atoms with Gasteiger partial charge in [0.1, 0.15) is 0 Å². The van der Waals surface area contributed by atoms with Gasteiger partial charge in [0.15, 0.2) is 6.29 Å². The standard InChI is InChI=1S/C20H18N2O4/c1-2-26-20(25)16-8-9-17(13-23)18(11-16)22-19(24)10-7-14-3-5-15(12-21)6-4-14/h3-6,8-9,11,13H,2,7,10H2,1H3,(H,22,24). The van der Waals surface area contributed by atoms with Gasteiger partial charge in [-0.3, -0.25) is 9.59 Å². The molecule has 2 aromatic rings. The molecule has 1 N–H and O–H groups in total. The number of anilines is 1. The third-order valence-corrected chi connectivity index (χ3v) is 3.69. The van der Waals surface area contributed by atoms with Gasteiger partial charge >= 0.3 is 5.97 Å². The van der Waals surface area contributed by atoms with Crippen LogP contribution in [0.15, 0.2) is 42.5 Å². The summed E-state index contributed by atoms with van der Waals surface area (Å²) < 4.78 is 4.92. The molecule has 0 atom stereocenters. The van der Waals surface area contributed by atoms with Gasteiger partial charge in [0.2, 0.25) is 5.91 Å². The Morgan fingerprint density at radius 2 is 1.92 bits per heavy atom. The number of amides is 1. The van der Waals surface area contributed by atoms with Gasteiger partial charge in [-0.15, -0.1) is 0 Å². The number of ether oxygens (including phenoxy) is 1. The molecule has 2 rings (SSSR count). The highest BCUT2D eigenvalue weighted by molar-refractivity contribution is 5.99. The smallest absolute Gasteiger partial charge is 0.338 e. The number of aldehydes is 1. The van der Waals surface area contributed by atoms with E-state index >= 15 is 0 Å². The van der Waals surface area contributed by atoms with Gasteiger partial charge < -0.3 is 10.1 Å². The highest BCUT2D eigenvalue weighted by atomic mass is 16.5. The third-order valence-electron chi connectivity index (χ3n) is 3.69. The van der Waals surface area contributed by atoms with Crippen LogP contribution in [0.5, 0.6) is 0 Å². The van der Waals surface area contributed by atoms with Gasteiger partial charge in [-0.25, -0.2) is 4.79 Å². The summed E-state index contributed by atoms with van der Waals surface area (Å²) in [6, 6.07) is 13.4. The summed E-state index contributed by atoms with van der Waals surface area (Å²) in [5.74, 6) is -0.795. The summed E-state index contributed by atoms with van der Waals surface area (Å²) in [5.41, 5.74) is 2.31. The van der Waals surface area contributed by atoms with Gasteiger partial charge in [0.05, 0.1) is 29.5 Å². The van der Waals surface area contributed by atoms with E-state index in [1.807, 2.05) is 6.07 Å². The Labute approximate surface area is 151 Å². The summed E-state index contributed by atoms with van der Waals surface area (Å²) in [5, 5.41) is 11.4. The second kappa shape index (κ2) is 9.14. The maximum Gasteiger partial charge on any atom is 0.338 e. The molecule has 0 aliphatic rings. The molecule has 26 heavy (non-hydrogen) atoms. The molecule has 0 aliphatic heterocycles. The summed E-state index contributed by atoms with van der Waals surface area (Å²) in [6.07, 6.45) is 1.31. The Morgan fingerprint density at radius 1 is 1.19 bits per heavy atom. The van der Waals surface area contributed by atoms with Gasteiger partial charge in [0.25, 0.3) is 0 Å². The van der Waals surface area contributed by atoms with Crippen molar-refractivity contribution in [2.45, 2.75) is 19.8 Å². The maximum atomic E-state index is 12.2. The molecule has 1 amide bonds. The van der Waals surface area contributed by atoms with Crippen LogP contribution in [0.1, 0.15) is 45.2 Å². The number of aryl methyl sites for hydroxylation is 1. The quantitative estimate of drug-likeness (QED) is 0.611. The predicted octanol–water partition coefficient (Wildman–Crippen LogP) is 3.12. The molecule has 0 spiro atoms. The van der Waals surface area contributed by atoms with Crippen molar-refractivity contribution in [3.63, 3.8) is 0 Å². The number of rotatable bonds is 7. The Kier molecular flexibility index (Phi) is 6.63. The second-order valence-electron chi connectivity index (χ2n) is 5.50. The number of hydrogen-bond donors (Lipinski definition) is 1. The number of nitriles is 1. The zero-order valence-electron chi connectivity index (χ0n) is 14.3. The minimum atomic E-state index is -0.516. The second-order valence-corrected chi connectivity index (χ2v) is 5.50. The number of nitrogens with zero attached hydrogens (tertiary/aromatic N) is 1. The van der Waals surface area contributed by atoms with Crippen molar-refractivity contribution in [3.8, 4) is 6.07 Å². The average molecular weight is 350 g/mol. The van der Waals surface area contributed by atoms with Gasteiger partial charge in [-0.1, -0.05) is 12.1 Å². The van der Waals surface area contributed by atoms with Gasteiger partial charge in [-0.2, -0.15) is 5.26 Å². The number of hydrogen-bond acceptors (Lipinski definition) is 5. The van der Waals surface area contributed by atoms with Crippen LogP contribution in [-0.4, -0.2) is 24.8 Å². The van der Waals surface area contributed by atoms with E-state index in [4.69, 9.17) is 10.00 Å². The van der Waals surface area contributed by atoms with Crippen LogP contribution in [0, 0.1) is 11.3 Å². The third kappa shape index (κ3) is 5.02. The van der Waals surface area contributed by atoms with Crippen molar-refractivity contribution in [2.75, 3.05) is 11.9 Å². The zero-order chi connectivity index (χ0) is 18.9. The summed E-state index contributed by atoms with van der Waals surface area (Å²) >= 11 is 0. The molecule has 6 nitrogen and oxygen atoms in total. The van der Waals surface area contributed by atoms with E-state index in [1.54, 1.807) is 31.2 Å². The first kappa shape index (κ1) is 18.9. The average Bonchev–Trinajstić information content (AvgIpc) is 2.67. The molecule has 0 radical (unpaired) electrons. The lowest BCUT2D eigenvalue weighted by Crippen LogP contribution is -2.15. The van der Waals surface area contributed by atoms with Gasteiger partial charge in [-0.05, 0) is 49.2 Å². The predicted molar refractivity (Wildman–Crippen MR) is 95.9 cm³/mol. The Morgan fingerprint density at radius 3 is 2.54 bits per heavy atom. The minimum Gasteiger partial charge on any atom is -0.462 e. The molecule has 0 aliphatic carbocycles. The number of benzene rings is 2. The van der Waals surface area contributed by atoms with Crippen molar-refractivity contribution in [1.82, 2.24) is 0 Å². The molecule has 6 heteroatoms. The normalized spacial score (nSPS) is 9.85. The van der Waals surface area contributed by atoms with Crippen molar-refractivity contribution >= 4 is 23.9 Å². The van der Waals surface area contributed by atoms with Crippen molar-refractivity contribution in [3.05, 3.63) is 64.7 Å².